The second kappa shape index (κ2) is 8.39. The number of rotatable bonds is 6. The van der Waals surface area contributed by atoms with E-state index in [0.29, 0.717) is 23.3 Å². The van der Waals surface area contributed by atoms with Crippen molar-refractivity contribution >= 4 is 26.7 Å². The van der Waals surface area contributed by atoms with Gasteiger partial charge in [-0.05, 0) is 35.9 Å². The second-order valence-electron chi connectivity index (χ2n) is 6.77. The van der Waals surface area contributed by atoms with Crippen molar-refractivity contribution in [3.8, 4) is 5.75 Å². The molecule has 32 heavy (non-hydrogen) atoms. The summed E-state index contributed by atoms with van der Waals surface area (Å²) in [5, 5.41) is 3.43. The number of halogens is 2. The normalized spacial score (nSPS) is 11.5. The monoisotopic (exact) mass is 458 g/mol. The number of hydrogen-bond donors (Lipinski definition) is 1. The van der Waals surface area contributed by atoms with E-state index in [0.717, 1.165) is 12.5 Å². The van der Waals surface area contributed by atoms with E-state index in [4.69, 9.17) is 9.15 Å². The van der Waals surface area contributed by atoms with Crippen LogP contribution >= 0.6 is 0 Å². The van der Waals surface area contributed by atoms with Crippen LogP contribution in [0.5, 0.6) is 5.75 Å². The van der Waals surface area contributed by atoms with Crippen LogP contribution < -0.4 is 10.1 Å². The van der Waals surface area contributed by atoms with Crippen LogP contribution in [0, 0.1) is 11.6 Å². The average molecular weight is 458 g/mol. The van der Waals surface area contributed by atoms with E-state index in [1.54, 1.807) is 18.3 Å². The van der Waals surface area contributed by atoms with Crippen LogP contribution in [0.4, 0.5) is 8.78 Å². The zero-order valence-corrected chi connectivity index (χ0v) is 17.4. The third kappa shape index (κ3) is 4.04. The van der Waals surface area contributed by atoms with Gasteiger partial charge in [-0.2, -0.15) is 0 Å². The molecule has 2 aromatic heterocycles. The largest absolute Gasteiger partial charge is 0.495 e. The SMILES string of the molecule is COc1cc(F)c(F)cc1S(=O)(=O)c1ccc(CNC(=O)c2cc3ccncc3o2)cc1. The van der Waals surface area contributed by atoms with Crippen LogP contribution in [0.15, 0.2) is 75.1 Å². The van der Waals surface area contributed by atoms with Crippen molar-refractivity contribution < 1.29 is 31.1 Å². The highest BCUT2D eigenvalue weighted by atomic mass is 32.2. The van der Waals surface area contributed by atoms with Crippen molar-refractivity contribution in [1.29, 1.82) is 0 Å². The van der Waals surface area contributed by atoms with Gasteiger partial charge in [0.05, 0.1) is 18.2 Å². The van der Waals surface area contributed by atoms with Gasteiger partial charge in [-0.1, -0.05) is 12.1 Å². The Bertz CT molecular complexity index is 1380. The summed E-state index contributed by atoms with van der Waals surface area (Å²) in [5.41, 5.74) is 1.10. The Balaban J connectivity index is 1.50. The number of nitrogens with zero attached hydrogens (tertiary/aromatic N) is 1. The molecule has 164 valence electrons. The molecule has 0 atom stereocenters. The first-order valence-electron chi connectivity index (χ1n) is 9.28. The van der Waals surface area contributed by atoms with Gasteiger partial charge < -0.3 is 14.5 Å². The highest BCUT2D eigenvalue weighted by Gasteiger charge is 2.25. The van der Waals surface area contributed by atoms with Gasteiger partial charge in [-0.25, -0.2) is 17.2 Å². The number of hydrogen-bond acceptors (Lipinski definition) is 6. The predicted molar refractivity (Wildman–Crippen MR) is 110 cm³/mol. The third-order valence-electron chi connectivity index (χ3n) is 4.73. The summed E-state index contributed by atoms with van der Waals surface area (Å²) in [6.45, 7) is 0.114. The fourth-order valence-electron chi connectivity index (χ4n) is 3.06. The Kier molecular flexibility index (Phi) is 5.62. The average Bonchev–Trinajstić information content (AvgIpc) is 3.23. The Labute approximate surface area is 181 Å². The van der Waals surface area contributed by atoms with Crippen molar-refractivity contribution in [2.45, 2.75) is 16.3 Å². The molecule has 4 aromatic rings. The Morgan fingerprint density at radius 1 is 1.09 bits per heavy atom. The van der Waals surface area contributed by atoms with Gasteiger partial charge in [0.1, 0.15) is 10.6 Å². The van der Waals surface area contributed by atoms with Crippen molar-refractivity contribution in [3.05, 3.63) is 83.9 Å². The van der Waals surface area contributed by atoms with Gasteiger partial charge in [0.15, 0.2) is 23.0 Å². The Hall–Kier alpha value is -3.79. The molecule has 0 saturated carbocycles. The summed E-state index contributed by atoms with van der Waals surface area (Å²) in [6, 6.07) is 10.2. The Morgan fingerprint density at radius 3 is 2.50 bits per heavy atom. The highest BCUT2D eigenvalue weighted by molar-refractivity contribution is 7.91. The minimum absolute atomic E-state index is 0.114. The van der Waals surface area contributed by atoms with E-state index in [2.05, 4.69) is 10.3 Å². The summed E-state index contributed by atoms with van der Waals surface area (Å²) in [5.74, 6) is -3.14. The maximum absolute atomic E-state index is 13.6. The minimum Gasteiger partial charge on any atom is -0.495 e. The third-order valence-corrected chi connectivity index (χ3v) is 6.52. The van der Waals surface area contributed by atoms with Crippen molar-refractivity contribution in [2.75, 3.05) is 7.11 Å². The zero-order valence-electron chi connectivity index (χ0n) is 16.6. The van der Waals surface area contributed by atoms with E-state index >= 15 is 0 Å². The maximum atomic E-state index is 13.6. The number of nitrogens with one attached hydrogen (secondary N) is 1. The molecular weight excluding hydrogens is 442 g/mol. The summed E-state index contributed by atoms with van der Waals surface area (Å²) >= 11 is 0. The fraction of sp³-hybridized carbons (Fsp3) is 0.0909. The molecule has 0 aliphatic carbocycles. The van der Waals surface area contributed by atoms with E-state index < -0.39 is 32.3 Å². The molecule has 0 spiro atoms. The molecule has 0 unspecified atom stereocenters. The number of methoxy groups -OCH3 is 1. The maximum Gasteiger partial charge on any atom is 0.287 e. The number of carbonyl (C=O) groups is 1. The van der Waals surface area contributed by atoms with E-state index in [1.807, 2.05) is 0 Å². The number of amides is 1. The molecule has 0 saturated heterocycles. The molecule has 10 heteroatoms. The summed E-state index contributed by atoms with van der Waals surface area (Å²) < 4.78 is 63.2. The number of benzene rings is 2. The molecular formula is C22H16F2N2O5S. The lowest BCUT2D eigenvalue weighted by Crippen LogP contribution is -2.22. The molecule has 1 amide bonds. The molecule has 0 radical (unpaired) electrons. The smallest absolute Gasteiger partial charge is 0.287 e. The van der Waals surface area contributed by atoms with E-state index in [9.17, 15) is 22.0 Å². The highest BCUT2D eigenvalue weighted by Crippen LogP contribution is 2.31. The summed E-state index contributed by atoms with van der Waals surface area (Å²) in [7, 11) is -3.00. The van der Waals surface area contributed by atoms with Gasteiger partial charge in [0.2, 0.25) is 9.84 Å². The van der Waals surface area contributed by atoms with Crippen LogP contribution in [0.1, 0.15) is 16.1 Å². The molecule has 2 heterocycles. The number of sulfone groups is 1. The first kappa shape index (κ1) is 21.4. The van der Waals surface area contributed by atoms with Crippen LogP contribution in [0.2, 0.25) is 0 Å². The van der Waals surface area contributed by atoms with Crippen molar-refractivity contribution in [1.82, 2.24) is 10.3 Å². The Morgan fingerprint density at radius 2 is 1.81 bits per heavy atom. The number of fused-ring (bicyclic) bond motifs is 1. The van der Waals surface area contributed by atoms with Gasteiger partial charge >= 0.3 is 0 Å². The number of carbonyl (C=O) groups excluding carboxylic acids is 1. The standard InChI is InChI=1S/C22H16F2N2O5S/c1-30-18-9-16(23)17(24)10-21(18)32(28,29)15-4-2-13(3-5-15)11-26-22(27)19-8-14-6-7-25-12-20(14)31-19/h2-10,12H,11H2,1H3,(H,26,27). The zero-order chi connectivity index (χ0) is 22.9. The van der Waals surface area contributed by atoms with Gasteiger partial charge in [-0.3, -0.25) is 9.78 Å². The molecule has 1 N–H and O–H groups in total. The van der Waals surface area contributed by atoms with Gasteiger partial charge in [-0.15, -0.1) is 0 Å². The summed E-state index contributed by atoms with van der Waals surface area (Å²) in [6.07, 6.45) is 3.10. The molecule has 0 aliphatic rings. The van der Waals surface area contributed by atoms with Gasteiger partial charge in [0.25, 0.3) is 5.91 Å². The van der Waals surface area contributed by atoms with Crippen LogP contribution in [0.25, 0.3) is 11.0 Å². The molecule has 2 aromatic carbocycles. The number of pyridine rings is 1. The fourth-order valence-corrected chi connectivity index (χ4v) is 4.47. The lowest BCUT2D eigenvalue weighted by molar-refractivity contribution is 0.0925. The van der Waals surface area contributed by atoms with Crippen molar-refractivity contribution in [2.24, 2.45) is 0 Å². The number of furan rings is 1. The predicted octanol–water partition coefficient (Wildman–Crippen LogP) is 3.88. The molecule has 0 aliphatic heterocycles. The quantitative estimate of drug-likeness (QED) is 0.441. The first-order chi connectivity index (χ1) is 15.3. The molecule has 0 bridgehead atoms. The van der Waals surface area contributed by atoms with E-state index in [-0.39, 0.29) is 22.9 Å². The molecule has 7 nitrogen and oxygen atoms in total. The minimum atomic E-state index is -4.17. The van der Waals surface area contributed by atoms with Crippen molar-refractivity contribution in [3.63, 3.8) is 0 Å². The van der Waals surface area contributed by atoms with Crippen LogP contribution in [-0.2, 0) is 16.4 Å². The first-order valence-corrected chi connectivity index (χ1v) is 10.8. The number of ether oxygens (including phenoxy) is 1. The molecule has 4 rings (SSSR count). The second-order valence-corrected chi connectivity index (χ2v) is 8.69. The van der Waals surface area contributed by atoms with E-state index in [1.165, 1.54) is 30.5 Å². The van der Waals surface area contributed by atoms with Crippen LogP contribution in [0.3, 0.4) is 0 Å². The van der Waals surface area contributed by atoms with Gasteiger partial charge in [0, 0.05) is 24.2 Å². The topological polar surface area (TPSA) is 98.5 Å². The molecule has 0 fully saturated rings. The lowest BCUT2D eigenvalue weighted by Gasteiger charge is -2.11. The summed E-state index contributed by atoms with van der Waals surface area (Å²) in [4.78, 5) is 15.6. The van der Waals surface area contributed by atoms with Crippen LogP contribution in [-0.4, -0.2) is 26.4 Å². The lowest BCUT2D eigenvalue weighted by atomic mass is 10.2. The number of aromatic nitrogens is 1.